The second kappa shape index (κ2) is 5.39. The van der Waals surface area contributed by atoms with Gasteiger partial charge in [-0.2, -0.15) is 0 Å². The first-order valence-corrected chi connectivity index (χ1v) is 5.64. The molecule has 1 aromatic heterocycles. The van der Waals surface area contributed by atoms with Crippen LogP contribution < -0.4 is 16.0 Å². The van der Waals surface area contributed by atoms with Crippen LogP contribution >= 0.6 is 0 Å². The van der Waals surface area contributed by atoms with Crippen molar-refractivity contribution in [3.05, 3.63) is 60.6 Å². The Kier molecular flexibility index (Phi) is 3.66. The predicted octanol–water partition coefficient (Wildman–Crippen LogP) is 2.58. The number of benzene rings is 1. The minimum absolute atomic E-state index is 0.0918. The van der Waals surface area contributed by atoms with Gasteiger partial charge in [0.2, 0.25) is 0 Å². The molecule has 0 radical (unpaired) electrons. The summed E-state index contributed by atoms with van der Waals surface area (Å²) in [5.41, 5.74) is 6.18. The van der Waals surface area contributed by atoms with E-state index in [-0.39, 0.29) is 5.69 Å². The molecule has 1 heterocycles. The lowest BCUT2D eigenvalue weighted by molar-refractivity contribution is 0.474. The van der Waals surface area contributed by atoms with Crippen molar-refractivity contribution in [1.82, 2.24) is 4.57 Å². The van der Waals surface area contributed by atoms with Crippen LogP contribution in [0.1, 0.15) is 0 Å². The Hall–Kier alpha value is -2.56. The summed E-state index contributed by atoms with van der Waals surface area (Å²) in [6, 6.07) is 7.80. The highest BCUT2D eigenvalue weighted by molar-refractivity contribution is 5.44. The fraction of sp³-hybridized carbons (Fsp3) is 0.0714. The lowest BCUT2D eigenvalue weighted by Crippen LogP contribution is -2.15. The maximum Gasteiger partial charge on any atom is 0.149 e. The largest absolute Gasteiger partial charge is 0.457 e. The van der Waals surface area contributed by atoms with Crippen LogP contribution in [0.3, 0.4) is 0 Å². The molecule has 0 aliphatic heterocycles. The molecule has 0 aliphatic carbocycles. The summed E-state index contributed by atoms with van der Waals surface area (Å²) >= 11 is 0. The monoisotopic (exact) mass is 259 g/mol. The van der Waals surface area contributed by atoms with E-state index in [2.05, 4.69) is 11.6 Å². The van der Waals surface area contributed by atoms with Gasteiger partial charge in [-0.1, -0.05) is 6.58 Å². The van der Waals surface area contributed by atoms with Crippen LogP contribution in [-0.2, 0) is 7.05 Å². The van der Waals surface area contributed by atoms with Crippen molar-refractivity contribution >= 4 is 5.69 Å². The second-order valence-electron chi connectivity index (χ2n) is 3.93. The molecule has 0 aliphatic rings. The van der Waals surface area contributed by atoms with Gasteiger partial charge in [0.15, 0.2) is 0 Å². The summed E-state index contributed by atoms with van der Waals surface area (Å²) in [4.78, 5) is 4.09. The molecule has 5 heteroatoms. The summed E-state index contributed by atoms with van der Waals surface area (Å²) in [6.07, 6.45) is 3.24. The molecule has 2 aromatic rings. The van der Waals surface area contributed by atoms with Gasteiger partial charge in [-0.3, -0.25) is 0 Å². The van der Waals surface area contributed by atoms with Gasteiger partial charge in [-0.15, -0.1) is 0 Å². The van der Waals surface area contributed by atoms with Gasteiger partial charge < -0.3 is 15.0 Å². The molecule has 0 fully saturated rings. The Morgan fingerprint density at radius 1 is 1.32 bits per heavy atom. The zero-order chi connectivity index (χ0) is 13.8. The molecule has 2 rings (SSSR count). The van der Waals surface area contributed by atoms with Gasteiger partial charge in [0.25, 0.3) is 0 Å². The number of rotatable bonds is 3. The van der Waals surface area contributed by atoms with Crippen LogP contribution in [0.5, 0.6) is 11.5 Å². The van der Waals surface area contributed by atoms with E-state index >= 15 is 0 Å². The second-order valence-corrected chi connectivity index (χ2v) is 3.93. The van der Waals surface area contributed by atoms with Gasteiger partial charge in [0.05, 0.1) is 5.69 Å². The smallest absolute Gasteiger partial charge is 0.149 e. The van der Waals surface area contributed by atoms with E-state index in [4.69, 9.17) is 10.5 Å². The van der Waals surface area contributed by atoms with Crippen molar-refractivity contribution in [3.8, 4) is 11.5 Å². The number of ether oxygens (including phenoxy) is 1. The van der Waals surface area contributed by atoms with E-state index in [0.717, 1.165) is 0 Å². The molecule has 0 atom stereocenters. The maximum absolute atomic E-state index is 13.3. The Balaban J connectivity index is 2.33. The molecule has 0 bridgehead atoms. The van der Waals surface area contributed by atoms with Gasteiger partial charge in [-0.05, 0) is 18.2 Å². The zero-order valence-electron chi connectivity index (χ0n) is 10.5. The first kappa shape index (κ1) is 12.9. The highest BCUT2D eigenvalue weighted by atomic mass is 19.1. The first-order valence-electron chi connectivity index (χ1n) is 5.64. The van der Waals surface area contributed by atoms with Crippen molar-refractivity contribution in [2.45, 2.75) is 0 Å². The average Bonchev–Trinajstić information content (AvgIpc) is 2.38. The minimum atomic E-state index is -0.505. The van der Waals surface area contributed by atoms with Crippen LogP contribution in [0, 0.1) is 5.82 Å². The lowest BCUT2D eigenvalue weighted by atomic mass is 10.3. The van der Waals surface area contributed by atoms with E-state index in [1.165, 1.54) is 18.3 Å². The Morgan fingerprint density at radius 2 is 2.05 bits per heavy atom. The first-order chi connectivity index (χ1) is 9.10. The van der Waals surface area contributed by atoms with Crippen LogP contribution in [0.15, 0.2) is 54.3 Å². The van der Waals surface area contributed by atoms with Crippen LogP contribution in [-0.4, -0.2) is 4.57 Å². The number of nitrogens with zero attached hydrogens (tertiary/aromatic N) is 2. The van der Waals surface area contributed by atoms with Crippen molar-refractivity contribution in [2.75, 3.05) is 5.73 Å². The summed E-state index contributed by atoms with van der Waals surface area (Å²) in [6.45, 7) is 3.55. The Labute approximate surface area is 110 Å². The van der Waals surface area contributed by atoms with Crippen molar-refractivity contribution in [2.24, 2.45) is 12.0 Å². The number of pyridine rings is 1. The summed E-state index contributed by atoms with van der Waals surface area (Å²) < 4.78 is 20.7. The molecular weight excluding hydrogens is 245 g/mol. The number of anilines is 1. The summed E-state index contributed by atoms with van der Waals surface area (Å²) in [5.74, 6) is 0.433. The topological polar surface area (TPSA) is 52.5 Å². The minimum Gasteiger partial charge on any atom is -0.457 e. The standard InChI is InChI=1S/C14H14FN3O/c1-3-17-14-9-11(6-7-18(14)2)19-10-4-5-13(16)12(15)8-10/h3-9H,1,16H2,2H3/b17-14-. The molecular formula is C14H14FN3O. The molecule has 0 amide bonds. The number of aryl methyl sites for hydroxylation is 1. The molecule has 0 saturated carbocycles. The Morgan fingerprint density at radius 3 is 2.74 bits per heavy atom. The molecule has 98 valence electrons. The molecule has 0 unspecified atom stereocenters. The normalized spacial score (nSPS) is 11.4. The van der Waals surface area contributed by atoms with Gasteiger partial charge >= 0.3 is 0 Å². The quantitative estimate of drug-likeness (QED) is 0.861. The summed E-state index contributed by atoms with van der Waals surface area (Å²) in [5, 5.41) is 0. The van der Waals surface area contributed by atoms with Crippen LogP contribution in [0.25, 0.3) is 0 Å². The number of hydrogen-bond acceptors (Lipinski definition) is 3. The van der Waals surface area contributed by atoms with Crippen molar-refractivity contribution < 1.29 is 9.13 Å². The number of hydrogen-bond donors (Lipinski definition) is 1. The number of nitrogens with two attached hydrogens (primary N) is 1. The zero-order valence-corrected chi connectivity index (χ0v) is 10.5. The van der Waals surface area contributed by atoms with Crippen molar-refractivity contribution in [3.63, 3.8) is 0 Å². The lowest BCUT2D eigenvalue weighted by Gasteiger charge is -2.08. The maximum atomic E-state index is 13.3. The molecule has 1 aromatic carbocycles. The molecule has 2 N–H and O–H groups in total. The molecule has 4 nitrogen and oxygen atoms in total. The number of nitrogen functional groups attached to an aromatic ring is 1. The van der Waals surface area contributed by atoms with Crippen molar-refractivity contribution in [1.29, 1.82) is 0 Å². The third-order valence-electron chi connectivity index (χ3n) is 2.53. The predicted molar refractivity (Wildman–Crippen MR) is 72.1 cm³/mol. The molecule has 0 spiro atoms. The third-order valence-corrected chi connectivity index (χ3v) is 2.53. The number of halogens is 1. The fourth-order valence-corrected chi connectivity index (χ4v) is 1.53. The molecule has 19 heavy (non-hydrogen) atoms. The van der Waals surface area contributed by atoms with E-state index in [9.17, 15) is 4.39 Å². The highest BCUT2D eigenvalue weighted by Gasteiger charge is 2.02. The van der Waals surface area contributed by atoms with E-state index in [1.807, 2.05) is 11.6 Å². The van der Waals surface area contributed by atoms with Gasteiger partial charge in [0, 0.05) is 31.6 Å². The fourth-order valence-electron chi connectivity index (χ4n) is 1.53. The number of aromatic nitrogens is 1. The van der Waals surface area contributed by atoms with Crippen LogP contribution in [0.2, 0.25) is 0 Å². The van der Waals surface area contributed by atoms with E-state index in [1.54, 1.807) is 24.4 Å². The molecule has 0 saturated heterocycles. The van der Waals surface area contributed by atoms with E-state index < -0.39 is 5.82 Å². The van der Waals surface area contributed by atoms with Gasteiger partial charge in [0.1, 0.15) is 22.8 Å². The summed E-state index contributed by atoms with van der Waals surface area (Å²) in [7, 11) is 1.86. The third kappa shape index (κ3) is 3.01. The van der Waals surface area contributed by atoms with Crippen LogP contribution in [0.4, 0.5) is 10.1 Å². The Bertz CT molecular complexity index is 677. The van der Waals surface area contributed by atoms with E-state index in [0.29, 0.717) is 17.0 Å². The van der Waals surface area contributed by atoms with Gasteiger partial charge in [-0.25, -0.2) is 9.38 Å². The highest BCUT2D eigenvalue weighted by Crippen LogP contribution is 2.23. The SMILES string of the molecule is C=C/N=c1/cc(Oc2ccc(N)c(F)c2)ccn1C. The average molecular weight is 259 g/mol.